The van der Waals surface area contributed by atoms with Gasteiger partial charge in [0.15, 0.2) is 0 Å². The monoisotopic (exact) mass is 284 g/mol. The zero-order chi connectivity index (χ0) is 11.8. The number of aliphatic carboxylic acids is 1. The van der Waals surface area contributed by atoms with Crippen molar-refractivity contribution in [1.29, 1.82) is 0 Å². The van der Waals surface area contributed by atoms with E-state index in [2.05, 4.69) is 28.1 Å². The minimum atomic E-state index is -0.715. The van der Waals surface area contributed by atoms with Gasteiger partial charge in [-0.1, -0.05) is 46.3 Å². The van der Waals surface area contributed by atoms with E-state index in [0.717, 1.165) is 19.3 Å². The largest absolute Gasteiger partial charge is 0.481 e. The fourth-order valence-corrected chi connectivity index (χ4v) is 2.15. The molecule has 0 aromatic heterocycles. The van der Waals surface area contributed by atoms with Crippen LogP contribution in [-0.2, 0) is 11.2 Å². The Morgan fingerprint density at radius 2 is 1.94 bits per heavy atom. The van der Waals surface area contributed by atoms with Crippen LogP contribution < -0.4 is 0 Å². The molecule has 3 heteroatoms. The second-order valence-electron chi connectivity index (χ2n) is 3.91. The molecular formula is C13H17BrO2. The molecule has 1 atom stereocenters. The molecule has 0 spiro atoms. The molecule has 0 heterocycles. The van der Waals surface area contributed by atoms with Gasteiger partial charge in [0, 0.05) is 11.2 Å². The van der Waals surface area contributed by atoms with Crippen LogP contribution >= 0.6 is 15.9 Å². The second kappa shape index (κ2) is 7.44. The van der Waals surface area contributed by atoms with Crippen molar-refractivity contribution in [2.45, 2.75) is 36.9 Å². The number of alkyl halides is 1. The molecule has 0 saturated heterocycles. The Morgan fingerprint density at radius 1 is 1.25 bits per heavy atom. The molecule has 1 aromatic carbocycles. The normalized spacial score (nSPS) is 12.3. The van der Waals surface area contributed by atoms with E-state index in [1.807, 2.05) is 18.2 Å². The molecule has 2 nitrogen and oxygen atoms in total. The average molecular weight is 285 g/mol. The van der Waals surface area contributed by atoms with E-state index in [0.29, 0.717) is 11.2 Å². The van der Waals surface area contributed by atoms with Gasteiger partial charge in [-0.05, 0) is 31.2 Å². The third-order valence-electron chi connectivity index (χ3n) is 2.50. The summed E-state index contributed by atoms with van der Waals surface area (Å²) in [4.78, 5) is 10.7. The minimum absolute atomic E-state index is 0.251. The van der Waals surface area contributed by atoms with Crippen molar-refractivity contribution in [2.24, 2.45) is 0 Å². The fourth-order valence-electron chi connectivity index (χ4n) is 1.60. The van der Waals surface area contributed by atoms with Crippen molar-refractivity contribution in [1.82, 2.24) is 0 Å². The van der Waals surface area contributed by atoms with Gasteiger partial charge in [0.25, 0.3) is 0 Å². The van der Waals surface area contributed by atoms with Gasteiger partial charge in [0.1, 0.15) is 0 Å². The van der Waals surface area contributed by atoms with Crippen LogP contribution in [-0.4, -0.2) is 15.9 Å². The predicted octanol–water partition coefficient (Wildman–Crippen LogP) is 3.64. The Kier molecular flexibility index (Phi) is 6.16. The molecule has 0 aliphatic heterocycles. The summed E-state index contributed by atoms with van der Waals surface area (Å²) in [5, 5.41) is 8.54. The van der Waals surface area contributed by atoms with Crippen molar-refractivity contribution in [3.8, 4) is 0 Å². The van der Waals surface area contributed by atoms with E-state index in [-0.39, 0.29) is 6.42 Å². The molecule has 88 valence electrons. The van der Waals surface area contributed by atoms with Gasteiger partial charge in [0.2, 0.25) is 0 Å². The summed E-state index contributed by atoms with van der Waals surface area (Å²) >= 11 is 3.52. The lowest BCUT2D eigenvalue weighted by Gasteiger charge is -2.07. The quantitative estimate of drug-likeness (QED) is 0.777. The lowest BCUT2D eigenvalue weighted by molar-refractivity contribution is -0.137. The topological polar surface area (TPSA) is 37.3 Å². The highest BCUT2D eigenvalue weighted by molar-refractivity contribution is 9.09. The van der Waals surface area contributed by atoms with E-state index >= 15 is 0 Å². The van der Waals surface area contributed by atoms with E-state index in [1.165, 1.54) is 5.56 Å². The molecule has 0 bridgehead atoms. The summed E-state index contributed by atoms with van der Waals surface area (Å²) in [6.45, 7) is 0. The fraction of sp³-hybridized carbons (Fsp3) is 0.462. The van der Waals surface area contributed by atoms with Crippen molar-refractivity contribution in [2.75, 3.05) is 0 Å². The Balaban J connectivity index is 2.13. The lowest BCUT2D eigenvalue weighted by Crippen LogP contribution is -2.03. The Bertz CT molecular complexity index is 311. The van der Waals surface area contributed by atoms with Gasteiger partial charge in [-0.15, -0.1) is 0 Å². The number of hydrogen-bond donors (Lipinski definition) is 1. The van der Waals surface area contributed by atoms with Gasteiger partial charge in [-0.25, -0.2) is 0 Å². The smallest absolute Gasteiger partial charge is 0.303 e. The van der Waals surface area contributed by atoms with Gasteiger partial charge < -0.3 is 5.11 Å². The molecule has 0 aliphatic rings. The number of benzene rings is 1. The molecule has 0 radical (unpaired) electrons. The van der Waals surface area contributed by atoms with Crippen LogP contribution in [0.4, 0.5) is 0 Å². The molecule has 0 saturated carbocycles. The van der Waals surface area contributed by atoms with Crippen LogP contribution in [0, 0.1) is 0 Å². The molecule has 0 fully saturated rings. The number of carboxylic acids is 1. The van der Waals surface area contributed by atoms with Crippen molar-refractivity contribution >= 4 is 21.9 Å². The molecule has 1 rings (SSSR count). The second-order valence-corrected chi connectivity index (χ2v) is 5.20. The minimum Gasteiger partial charge on any atom is -0.481 e. The van der Waals surface area contributed by atoms with Gasteiger partial charge in [0.05, 0.1) is 0 Å². The van der Waals surface area contributed by atoms with E-state index in [9.17, 15) is 4.79 Å². The summed E-state index contributed by atoms with van der Waals surface area (Å²) < 4.78 is 0. The number of hydrogen-bond acceptors (Lipinski definition) is 1. The summed E-state index contributed by atoms with van der Waals surface area (Å²) in [5.74, 6) is -0.715. The van der Waals surface area contributed by atoms with Crippen molar-refractivity contribution in [3.63, 3.8) is 0 Å². The third-order valence-corrected chi connectivity index (χ3v) is 3.41. The molecule has 1 N–H and O–H groups in total. The molecule has 16 heavy (non-hydrogen) atoms. The zero-order valence-electron chi connectivity index (χ0n) is 9.23. The van der Waals surface area contributed by atoms with Gasteiger partial charge in [-0.2, -0.15) is 0 Å². The van der Waals surface area contributed by atoms with Gasteiger partial charge >= 0.3 is 5.97 Å². The van der Waals surface area contributed by atoms with E-state index in [1.54, 1.807) is 0 Å². The zero-order valence-corrected chi connectivity index (χ0v) is 10.8. The number of aryl methyl sites for hydroxylation is 1. The molecule has 0 aliphatic carbocycles. The molecule has 1 aromatic rings. The highest BCUT2D eigenvalue weighted by Gasteiger charge is 2.06. The number of rotatable bonds is 7. The van der Waals surface area contributed by atoms with Crippen LogP contribution in [0.2, 0.25) is 0 Å². The van der Waals surface area contributed by atoms with Crippen LogP contribution in [0.3, 0.4) is 0 Å². The Hall–Kier alpha value is -0.830. The molecular weight excluding hydrogens is 268 g/mol. The highest BCUT2D eigenvalue weighted by atomic mass is 79.9. The predicted molar refractivity (Wildman–Crippen MR) is 69.0 cm³/mol. The average Bonchev–Trinajstić information content (AvgIpc) is 2.28. The number of halogens is 1. The van der Waals surface area contributed by atoms with Crippen LogP contribution in [0.15, 0.2) is 30.3 Å². The first-order chi connectivity index (χ1) is 7.68. The van der Waals surface area contributed by atoms with E-state index < -0.39 is 5.97 Å². The first-order valence-electron chi connectivity index (χ1n) is 5.58. The Labute approximate surface area is 105 Å². The van der Waals surface area contributed by atoms with Crippen molar-refractivity contribution < 1.29 is 9.90 Å². The highest BCUT2D eigenvalue weighted by Crippen LogP contribution is 2.16. The third kappa shape index (κ3) is 5.91. The summed E-state index contributed by atoms with van der Waals surface area (Å²) in [6.07, 6.45) is 4.16. The standard InChI is InChI=1S/C13H17BrO2/c14-12(9-10-13(15)16)8-4-7-11-5-2-1-3-6-11/h1-3,5-6,12H,4,7-10H2,(H,15,16). The summed E-state index contributed by atoms with van der Waals surface area (Å²) in [5.41, 5.74) is 1.35. The molecule has 1 unspecified atom stereocenters. The van der Waals surface area contributed by atoms with Crippen LogP contribution in [0.25, 0.3) is 0 Å². The lowest BCUT2D eigenvalue weighted by atomic mass is 10.1. The summed E-state index contributed by atoms with van der Waals surface area (Å²) in [7, 11) is 0. The molecule has 0 amide bonds. The van der Waals surface area contributed by atoms with Crippen LogP contribution in [0.5, 0.6) is 0 Å². The number of carboxylic acid groups (broad SMARTS) is 1. The number of carbonyl (C=O) groups is 1. The van der Waals surface area contributed by atoms with Crippen molar-refractivity contribution in [3.05, 3.63) is 35.9 Å². The maximum atomic E-state index is 10.4. The first-order valence-corrected chi connectivity index (χ1v) is 6.50. The van der Waals surface area contributed by atoms with Gasteiger partial charge in [-0.3, -0.25) is 4.79 Å². The summed E-state index contributed by atoms with van der Waals surface area (Å²) in [6, 6.07) is 10.4. The first kappa shape index (κ1) is 13.2. The Morgan fingerprint density at radius 3 is 2.56 bits per heavy atom. The maximum Gasteiger partial charge on any atom is 0.303 e. The maximum absolute atomic E-state index is 10.4. The SMILES string of the molecule is O=C(O)CCC(Br)CCCc1ccccc1. The van der Waals surface area contributed by atoms with E-state index in [4.69, 9.17) is 5.11 Å². The van der Waals surface area contributed by atoms with Crippen LogP contribution in [0.1, 0.15) is 31.2 Å².